The van der Waals surface area contributed by atoms with Crippen molar-refractivity contribution >= 4 is 21.6 Å². The minimum atomic E-state index is -3.56. The van der Waals surface area contributed by atoms with Crippen molar-refractivity contribution in [3.05, 3.63) is 48.0 Å². The number of piperidine rings is 1. The van der Waals surface area contributed by atoms with Crippen molar-refractivity contribution in [2.24, 2.45) is 0 Å². The lowest BCUT2D eigenvalue weighted by Gasteiger charge is -2.36. The summed E-state index contributed by atoms with van der Waals surface area (Å²) in [7, 11) is -3.56. The number of amides is 1. The van der Waals surface area contributed by atoms with Crippen LogP contribution in [0.2, 0.25) is 0 Å². The molecule has 0 spiro atoms. The van der Waals surface area contributed by atoms with Gasteiger partial charge in [-0.1, -0.05) is 18.6 Å². The first-order valence-corrected chi connectivity index (χ1v) is 12.6. The van der Waals surface area contributed by atoms with Gasteiger partial charge in [0.05, 0.1) is 5.69 Å². The first-order valence-electron chi connectivity index (χ1n) is 11.1. The predicted molar refractivity (Wildman–Crippen MR) is 121 cm³/mol. The van der Waals surface area contributed by atoms with E-state index in [0.29, 0.717) is 31.9 Å². The van der Waals surface area contributed by atoms with Crippen molar-refractivity contribution in [2.45, 2.75) is 24.2 Å². The fraction of sp³-hybridized carbons (Fsp3) is 0.500. The van der Waals surface area contributed by atoms with Crippen LogP contribution >= 0.6 is 0 Å². The molecule has 0 unspecified atom stereocenters. The van der Waals surface area contributed by atoms with Crippen LogP contribution in [-0.2, 0) is 10.0 Å². The van der Waals surface area contributed by atoms with E-state index in [0.717, 1.165) is 45.4 Å². The van der Waals surface area contributed by atoms with Crippen molar-refractivity contribution in [1.29, 1.82) is 0 Å². The Morgan fingerprint density at radius 3 is 2.47 bits per heavy atom. The van der Waals surface area contributed by atoms with Crippen LogP contribution in [0.3, 0.4) is 0 Å². The molecule has 0 atom stereocenters. The van der Waals surface area contributed by atoms with E-state index in [1.165, 1.54) is 22.6 Å². The summed E-state index contributed by atoms with van der Waals surface area (Å²) in [5.74, 6) is -0.532. The standard InChI is InChI=1S/C22H30FN5O3S/c23-19-6-2-3-7-21(19)27-14-12-26(13-15-27)11-8-24-22(29)20-16-18(17-25-20)32(30,31)28-9-4-1-5-10-28/h2-3,6-7,16-17,25H,1,4-5,8-15H2,(H,24,29). The fourth-order valence-corrected chi connectivity index (χ4v) is 5.76. The van der Waals surface area contributed by atoms with Crippen LogP contribution in [0, 0.1) is 5.82 Å². The second-order valence-corrected chi connectivity index (χ2v) is 10.2. The second-order valence-electron chi connectivity index (χ2n) is 8.25. The van der Waals surface area contributed by atoms with E-state index in [1.807, 2.05) is 11.0 Å². The highest BCUT2D eigenvalue weighted by Gasteiger charge is 2.27. The highest BCUT2D eigenvalue weighted by molar-refractivity contribution is 7.89. The molecule has 1 aromatic heterocycles. The minimum absolute atomic E-state index is 0.133. The molecule has 2 N–H and O–H groups in total. The zero-order valence-electron chi connectivity index (χ0n) is 18.1. The lowest BCUT2D eigenvalue weighted by Crippen LogP contribution is -2.48. The largest absolute Gasteiger partial charge is 0.367 e. The van der Waals surface area contributed by atoms with Gasteiger partial charge in [-0.25, -0.2) is 12.8 Å². The van der Waals surface area contributed by atoms with Gasteiger partial charge in [-0.15, -0.1) is 0 Å². The van der Waals surface area contributed by atoms with Crippen LogP contribution in [-0.4, -0.2) is 80.9 Å². The number of hydrogen-bond acceptors (Lipinski definition) is 5. The van der Waals surface area contributed by atoms with E-state index < -0.39 is 10.0 Å². The Labute approximate surface area is 188 Å². The third kappa shape index (κ3) is 5.13. The number of carbonyl (C=O) groups is 1. The number of benzene rings is 1. The molecule has 2 aromatic rings. The van der Waals surface area contributed by atoms with Gasteiger partial charge in [0.15, 0.2) is 0 Å². The lowest BCUT2D eigenvalue weighted by molar-refractivity contribution is 0.0943. The SMILES string of the molecule is O=C(NCCN1CCN(c2ccccc2F)CC1)c1cc(S(=O)(=O)N2CCCCC2)c[nH]1. The van der Waals surface area contributed by atoms with E-state index in [2.05, 4.69) is 15.2 Å². The van der Waals surface area contributed by atoms with Crippen LogP contribution in [0.5, 0.6) is 0 Å². The van der Waals surface area contributed by atoms with Crippen molar-refractivity contribution in [3.63, 3.8) is 0 Å². The van der Waals surface area contributed by atoms with Crippen LogP contribution in [0.25, 0.3) is 0 Å². The van der Waals surface area contributed by atoms with Gasteiger partial charge < -0.3 is 15.2 Å². The van der Waals surface area contributed by atoms with E-state index in [9.17, 15) is 17.6 Å². The third-order valence-electron chi connectivity index (χ3n) is 6.13. The summed E-state index contributed by atoms with van der Waals surface area (Å²) in [5, 5.41) is 2.85. The molecule has 3 heterocycles. The van der Waals surface area contributed by atoms with Gasteiger partial charge >= 0.3 is 0 Å². The first-order chi connectivity index (χ1) is 15.4. The summed E-state index contributed by atoms with van der Waals surface area (Å²) in [6.45, 7) is 5.20. The smallest absolute Gasteiger partial charge is 0.267 e. The summed E-state index contributed by atoms with van der Waals surface area (Å²) >= 11 is 0. The number of aromatic amines is 1. The van der Waals surface area contributed by atoms with Crippen LogP contribution in [0.1, 0.15) is 29.8 Å². The summed E-state index contributed by atoms with van der Waals surface area (Å²) in [4.78, 5) is 19.6. The van der Waals surface area contributed by atoms with Crippen molar-refractivity contribution in [3.8, 4) is 0 Å². The lowest BCUT2D eigenvalue weighted by atomic mass is 10.2. The number of aromatic nitrogens is 1. The van der Waals surface area contributed by atoms with Gasteiger partial charge in [0.25, 0.3) is 5.91 Å². The Bertz CT molecular complexity index is 1030. The second kappa shape index (κ2) is 10.0. The molecule has 0 aliphatic carbocycles. The third-order valence-corrected chi connectivity index (χ3v) is 8.01. The summed E-state index contributed by atoms with van der Waals surface area (Å²) < 4.78 is 40.9. The molecule has 0 radical (unpaired) electrons. The number of sulfonamides is 1. The molecular weight excluding hydrogens is 433 g/mol. The fourth-order valence-electron chi connectivity index (χ4n) is 4.25. The van der Waals surface area contributed by atoms with Gasteiger partial charge in [0.1, 0.15) is 16.4 Å². The maximum absolute atomic E-state index is 14.0. The molecule has 2 aliphatic rings. The maximum Gasteiger partial charge on any atom is 0.267 e. The molecule has 32 heavy (non-hydrogen) atoms. The summed E-state index contributed by atoms with van der Waals surface area (Å²) in [5.41, 5.74) is 0.868. The Balaban J connectivity index is 1.23. The molecule has 8 nitrogen and oxygen atoms in total. The van der Waals surface area contributed by atoms with E-state index in [-0.39, 0.29) is 22.3 Å². The Hall–Kier alpha value is -2.43. The van der Waals surface area contributed by atoms with Crippen molar-refractivity contribution in [2.75, 3.05) is 57.3 Å². The van der Waals surface area contributed by atoms with Crippen LogP contribution < -0.4 is 10.2 Å². The topological polar surface area (TPSA) is 88.8 Å². The monoisotopic (exact) mass is 463 g/mol. The molecular formula is C22H30FN5O3S. The Morgan fingerprint density at radius 1 is 1.03 bits per heavy atom. The number of anilines is 1. The van der Waals surface area contributed by atoms with Gasteiger partial charge in [-0.2, -0.15) is 4.31 Å². The van der Waals surface area contributed by atoms with E-state index in [1.54, 1.807) is 12.1 Å². The average molecular weight is 464 g/mol. The number of hydrogen-bond donors (Lipinski definition) is 2. The van der Waals surface area contributed by atoms with Crippen molar-refractivity contribution < 1.29 is 17.6 Å². The number of H-pyrrole nitrogens is 1. The number of carbonyl (C=O) groups excluding carboxylic acids is 1. The molecule has 0 saturated carbocycles. The summed E-state index contributed by atoms with van der Waals surface area (Å²) in [6, 6.07) is 8.20. The van der Waals surface area contributed by atoms with Gasteiger partial charge in [-0.05, 0) is 31.0 Å². The number of nitrogens with one attached hydrogen (secondary N) is 2. The molecule has 2 saturated heterocycles. The Morgan fingerprint density at radius 2 is 1.75 bits per heavy atom. The molecule has 4 rings (SSSR count). The molecule has 2 fully saturated rings. The van der Waals surface area contributed by atoms with Crippen LogP contribution in [0.4, 0.5) is 10.1 Å². The number of para-hydroxylation sites is 1. The summed E-state index contributed by atoms with van der Waals surface area (Å²) in [6.07, 6.45) is 4.17. The number of halogens is 1. The Kier molecular flexibility index (Phi) is 7.12. The van der Waals surface area contributed by atoms with E-state index in [4.69, 9.17) is 0 Å². The van der Waals surface area contributed by atoms with Crippen LogP contribution in [0.15, 0.2) is 41.4 Å². The quantitative estimate of drug-likeness (QED) is 0.655. The highest BCUT2D eigenvalue weighted by Crippen LogP contribution is 2.22. The molecule has 174 valence electrons. The first kappa shape index (κ1) is 22.8. The molecule has 2 aliphatic heterocycles. The van der Waals surface area contributed by atoms with Gasteiger partial charge in [0, 0.05) is 58.6 Å². The normalized spacial score (nSPS) is 18.6. The molecule has 1 aromatic carbocycles. The molecule has 10 heteroatoms. The highest BCUT2D eigenvalue weighted by atomic mass is 32.2. The predicted octanol–water partition coefficient (Wildman–Crippen LogP) is 1.88. The molecule has 1 amide bonds. The maximum atomic E-state index is 14.0. The van der Waals surface area contributed by atoms with Gasteiger partial charge in [0.2, 0.25) is 10.0 Å². The number of rotatable bonds is 7. The average Bonchev–Trinajstić information content (AvgIpc) is 3.32. The number of nitrogens with zero attached hydrogens (tertiary/aromatic N) is 3. The van der Waals surface area contributed by atoms with Gasteiger partial charge in [-0.3, -0.25) is 9.69 Å². The zero-order chi connectivity index (χ0) is 22.6. The zero-order valence-corrected chi connectivity index (χ0v) is 18.9. The molecule has 0 bridgehead atoms. The van der Waals surface area contributed by atoms with E-state index >= 15 is 0 Å². The number of piperazine rings is 1. The van der Waals surface area contributed by atoms with Crippen molar-refractivity contribution in [1.82, 2.24) is 19.5 Å². The minimum Gasteiger partial charge on any atom is -0.367 e.